The van der Waals surface area contributed by atoms with Crippen LogP contribution in [-0.4, -0.2) is 43.4 Å². The Balaban J connectivity index is 4.08. The zero-order chi connectivity index (χ0) is 15.3. The molecule has 110 valence electrons. The summed E-state index contributed by atoms with van der Waals surface area (Å²) in [6.07, 6.45) is -0.562. The first-order chi connectivity index (χ1) is 8.47. The Morgan fingerprint density at radius 2 is 1.84 bits per heavy atom. The minimum absolute atomic E-state index is 0.0809. The molecule has 7 nitrogen and oxygen atoms in total. The van der Waals surface area contributed by atoms with Crippen molar-refractivity contribution in [2.45, 2.75) is 18.6 Å². The summed E-state index contributed by atoms with van der Waals surface area (Å²) < 4.78 is 63.7. The molecule has 0 heterocycles. The monoisotopic (exact) mass is 301 g/mol. The molecule has 0 bridgehead atoms. The average Bonchev–Trinajstić information content (AvgIpc) is 2.24. The molecule has 0 spiro atoms. The fourth-order valence-electron chi connectivity index (χ4n) is 0.659. The molecule has 10 heteroatoms. The number of esters is 2. The summed E-state index contributed by atoms with van der Waals surface area (Å²) in [6.45, 7) is 2.29. The van der Waals surface area contributed by atoms with E-state index in [-0.39, 0.29) is 5.57 Å². The van der Waals surface area contributed by atoms with Gasteiger partial charge in [-0.15, -0.1) is 0 Å². The predicted molar refractivity (Wildman–Crippen MR) is 56.0 cm³/mol. The van der Waals surface area contributed by atoms with E-state index in [1.54, 1.807) is 0 Å². The minimum Gasteiger partial charge on any atom is -0.743 e. The molecule has 0 aliphatic rings. The van der Waals surface area contributed by atoms with E-state index in [0.717, 1.165) is 0 Å². The second-order valence-corrected chi connectivity index (χ2v) is 4.92. The lowest BCUT2D eigenvalue weighted by Crippen LogP contribution is -2.34. The molecule has 0 aliphatic carbocycles. The third-order valence-corrected chi connectivity index (χ3v) is 2.50. The van der Waals surface area contributed by atoms with Crippen LogP contribution in [0.15, 0.2) is 12.2 Å². The van der Waals surface area contributed by atoms with Crippen LogP contribution in [0.2, 0.25) is 0 Å². The highest BCUT2D eigenvalue weighted by molar-refractivity contribution is 7.86. The number of halogens is 2. The Hall–Kier alpha value is -1.55. The molecule has 0 saturated carbocycles. The van der Waals surface area contributed by atoms with E-state index in [2.05, 4.69) is 16.1 Å². The molecular formula is C9H11F2O7S-. The fourth-order valence-corrected chi connectivity index (χ4v) is 0.862. The normalized spacial score (nSPS) is 11.8. The van der Waals surface area contributed by atoms with Crippen LogP contribution in [0.25, 0.3) is 0 Å². The topological polar surface area (TPSA) is 110 Å². The van der Waals surface area contributed by atoms with Gasteiger partial charge in [0.2, 0.25) is 0 Å². The highest BCUT2D eigenvalue weighted by Gasteiger charge is 2.39. The molecule has 0 rings (SSSR count). The Kier molecular flexibility index (Phi) is 6.03. The molecule has 0 amide bonds. The Labute approximate surface area is 107 Å². The zero-order valence-electron chi connectivity index (χ0n) is 9.85. The van der Waals surface area contributed by atoms with E-state index in [1.165, 1.54) is 6.92 Å². The summed E-state index contributed by atoms with van der Waals surface area (Å²) in [7, 11) is -5.90. The average molecular weight is 301 g/mol. The van der Waals surface area contributed by atoms with Crippen molar-refractivity contribution in [1.82, 2.24) is 0 Å². The number of hydrogen-bond acceptors (Lipinski definition) is 7. The highest BCUT2D eigenvalue weighted by Crippen LogP contribution is 2.20. The lowest BCUT2D eigenvalue weighted by atomic mass is 10.4. The van der Waals surface area contributed by atoms with Crippen LogP contribution in [0.5, 0.6) is 0 Å². The summed E-state index contributed by atoms with van der Waals surface area (Å²) >= 11 is 0. The van der Waals surface area contributed by atoms with Gasteiger partial charge in [0.05, 0.1) is 6.42 Å². The van der Waals surface area contributed by atoms with E-state index >= 15 is 0 Å². The molecule has 0 fully saturated rings. The van der Waals surface area contributed by atoms with Gasteiger partial charge in [-0.1, -0.05) is 6.58 Å². The van der Waals surface area contributed by atoms with Gasteiger partial charge in [0, 0.05) is 5.57 Å². The Morgan fingerprint density at radius 3 is 2.26 bits per heavy atom. The molecule has 0 saturated heterocycles. The van der Waals surface area contributed by atoms with Gasteiger partial charge < -0.3 is 14.0 Å². The number of carbonyl (C=O) groups excluding carboxylic acids is 2. The van der Waals surface area contributed by atoms with Gasteiger partial charge >= 0.3 is 17.2 Å². The molecular weight excluding hydrogens is 290 g/mol. The second kappa shape index (κ2) is 6.57. The van der Waals surface area contributed by atoms with Crippen molar-refractivity contribution in [3.8, 4) is 0 Å². The number of ether oxygens (including phenoxy) is 2. The van der Waals surface area contributed by atoms with E-state index in [4.69, 9.17) is 0 Å². The second-order valence-electron chi connectivity index (χ2n) is 3.42. The van der Waals surface area contributed by atoms with Crippen molar-refractivity contribution in [3.63, 3.8) is 0 Å². The Bertz CT molecular complexity index is 469. The summed E-state index contributed by atoms with van der Waals surface area (Å²) in [5.41, 5.74) is 0.0809. The van der Waals surface area contributed by atoms with Crippen molar-refractivity contribution >= 4 is 22.1 Å². The standard InChI is InChI=1S/C9H12F2O7S/c1-6(2)8(13)17-4-3-7(12)18-5-9(10,11)19(14,15)16/h1,3-5H2,2H3,(H,14,15,16)/p-1. The van der Waals surface area contributed by atoms with Crippen molar-refractivity contribution in [2.24, 2.45) is 0 Å². The first-order valence-corrected chi connectivity index (χ1v) is 6.19. The number of hydrogen-bond donors (Lipinski definition) is 0. The van der Waals surface area contributed by atoms with Gasteiger partial charge in [0.25, 0.3) is 0 Å². The number of alkyl halides is 2. The summed E-state index contributed by atoms with van der Waals surface area (Å²) in [6, 6.07) is 0. The molecule has 0 aromatic heterocycles. The van der Waals surface area contributed by atoms with Gasteiger partial charge in [0.1, 0.15) is 6.61 Å². The molecule has 0 aromatic carbocycles. The van der Waals surface area contributed by atoms with E-state index in [9.17, 15) is 31.3 Å². The fraction of sp³-hybridized carbons (Fsp3) is 0.556. The third kappa shape index (κ3) is 6.25. The SMILES string of the molecule is C=C(C)C(=O)OCCC(=O)OCC(F)(F)S(=O)(=O)[O-]. The molecule has 0 N–H and O–H groups in total. The van der Waals surface area contributed by atoms with Crippen LogP contribution in [0.4, 0.5) is 8.78 Å². The van der Waals surface area contributed by atoms with Crippen LogP contribution in [0.1, 0.15) is 13.3 Å². The summed E-state index contributed by atoms with van der Waals surface area (Å²) in [5.74, 6) is -2.02. The van der Waals surface area contributed by atoms with Crippen LogP contribution < -0.4 is 0 Å². The minimum atomic E-state index is -5.90. The lowest BCUT2D eigenvalue weighted by Gasteiger charge is -2.19. The van der Waals surface area contributed by atoms with Crippen molar-refractivity contribution in [2.75, 3.05) is 13.2 Å². The van der Waals surface area contributed by atoms with Gasteiger partial charge in [-0.05, 0) is 6.92 Å². The van der Waals surface area contributed by atoms with E-state index in [1.807, 2.05) is 0 Å². The lowest BCUT2D eigenvalue weighted by molar-refractivity contribution is -0.152. The molecule has 0 unspecified atom stereocenters. The largest absolute Gasteiger partial charge is 0.743 e. The quantitative estimate of drug-likeness (QED) is 0.374. The first kappa shape index (κ1) is 17.4. The maximum absolute atomic E-state index is 12.6. The van der Waals surface area contributed by atoms with E-state index < -0.39 is 46.9 Å². The molecule has 0 atom stereocenters. The third-order valence-electron chi connectivity index (χ3n) is 1.65. The van der Waals surface area contributed by atoms with Crippen LogP contribution >= 0.6 is 0 Å². The summed E-state index contributed by atoms with van der Waals surface area (Å²) in [5, 5.41) is -4.70. The van der Waals surface area contributed by atoms with Crippen molar-refractivity contribution in [1.29, 1.82) is 0 Å². The Morgan fingerprint density at radius 1 is 1.32 bits per heavy atom. The van der Waals surface area contributed by atoms with Gasteiger partial charge in [0.15, 0.2) is 16.7 Å². The van der Waals surface area contributed by atoms with Crippen molar-refractivity contribution in [3.05, 3.63) is 12.2 Å². The zero-order valence-corrected chi connectivity index (χ0v) is 10.7. The molecule has 19 heavy (non-hydrogen) atoms. The summed E-state index contributed by atoms with van der Waals surface area (Å²) in [4.78, 5) is 21.8. The van der Waals surface area contributed by atoms with Crippen LogP contribution in [0.3, 0.4) is 0 Å². The van der Waals surface area contributed by atoms with Gasteiger partial charge in [-0.3, -0.25) is 4.79 Å². The smallest absolute Gasteiger partial charge is 0.367 e. The number of rotatable bonds is 7. The van der Waals surface area contributed by atoms with Gasteiger partial charge in [-0.25, -0.2) is 13.2 Å². The first-order valence-electron chi connectivity index (χ1n) is 4.79. The van der Waals surface area contributed by atoms with Crippen molar-refractivity contribution < 1.29 is 40.8 Å². The predicted octanol–water partition coefficient (Wildman–Crippen LogP) is 0.177. The maximum Gasteiger partial charge on any atom is 0.367 e. The van der Waals surface area contributed by atoms with Crippen LogP contribution in [-0.2, 0) is 29.2 Å². The highest BCUT2D eigenvalue weighted by atomic mass is 32.2. The molecule has 0 radical (unpaired) electrons. The van der Waals surface area contributed by atoms with Crippen LogP contribution in [0, 0.1) is 0 Å². The molecule has 0 aliphatic heterocycles. The maximum atomic E-state index is 12.6. The van der Waals surface area contributed by atoms with Gasteiger partial charge in [-0.2, -0.15) is 8.78 Å². The van der Waals surface area contributed by atoms with E-state index in [0.29, 0.717) is 0 Å². The molecule has 0 aromatic rings. The number of carbonyl (C=O) groups is 2.